The first-order valence-corrected chi connectivity index (χ1v) is 8.23. The third-order valence-corrected chi connectivity index (χ3v) is 4.29. The highest BCUT2D eigenvalue weighted by Crippen LogP contribution is 2.45. The molecule has 3 atom stereocenters. The second-order valence-corrected chi connectivity index (χ2v) is 7.70. The Balaban J connectivity index is 5.24. The fourth-order valence-corrected chi connectivity index (χ4v) is 3.56. The van der Waals surface area contributed by atoms with Gasteiger partial charge in [-0.25, -0.2) is 0 Å². The van der Waals surface area contributed by atoms with Crippen LogP contribution in [0.3, 0.4) is 0 Å². The third-order valence-electron chi connectivity index (χ3n) is 4.29. The molecule has 4 nitrogen and oxygen atoms in total. The van der Waals surface area contributed by atoms with Crippen molar-refractivity contribution in [1.29, 1.82) is 0 Å². The van der Waals surface area contributed by atoms with Gasteiger partial charge in [0.15, 0.2) is 6.79 Å². The van der Waals surface area contributed by atoms with Gasteiger partial charge in [-0.1, -0.05) is 41.5 Å². The van der Waals surface area contributed by atoms with Crippen molar-refractivity contribution in [2.45, 2.75) is 68.2 Å². The summed E-state index contributed by atoms with van der Waals surface area (Å²) < 4.78 is 10.2. The Kier molecular flexibility index (Phi) is 8.30. The van der Waals surface area contributed by atoms with E-state index in [1.165, 1.54) is 0 Å². The van der Waals surface area contributed by atoms with Crippen molar-refractivity contribution in [3.05, 3.63) is 0 Å². The fourth-order valence-electron chi connectivity index (χ4n) is 3.56. The van der Waals surface area contributed by atoms with E-state index in [1.807, 2.05) is 6.92 Å². The molecule has 3 unspecified atom stereocenters. The third kappa shape index (κ3) is 6.47. The highest BCUT2D eigenvalue weighted by Gasteiger charge is 2.44. The summed E-state index contributed by atoms with van der Waals surface area (Å²) in [6.07, 6.45) is 1.72. The molecule has 0 rings (SSSR count). The fraction of sp³-hybridized carbons (Fsp3) is 0.889. The molecule has 0 saturated heterocycles. The zero-order valence-electron chi connectivity index (χ0n) is 15.6. The summed E-state index contributed by atoms with van der Waals surface area (Å²) in [5, 5.41) is 0. The van der Waals surface area contributed by atoms with E-state index >= 15 is 0 Å². The molecule has 0 saturated carbocycles. The maximum atomic E-state index is 12.3. The molecule has 0 radical (unpaired) electrons. The summed E-state index contributed by atoms with van der Waals surface area (Å²) in [6.45, 7) is 16.3. The highest BCUT2D eigenvalue weighted by atomic mass is 16.7. The van der Waals surface area contributed by atoms with E-state index in [0.29, 0.717) is 6.61 Å². The summed E-state index contributed by atoms with van der Waals surface area (Å²) >= 11 is 0. The summed E-state index contributed by atoms with van der Waals surface area (Å²) in [4.78, 5) is 24.5. The van der Waals surface area contributed by atoms with Crippen LogP contribution >= 0.6 is 0 Å². The topological polar surface area (TPSA) is 52.6 Å². The lowest BCUT2D eigenvalue weighted by Crippen LogP contribution is -2.42. The van der Waals surface area contributed by atoms with Gasteiger partial charge in [-0.3, -0.25) is 9.59 Å². The van der Waals surface area contributed by atoms with E-state index in [4.69, 9.17) is 9.47 Å². The second kappa shape index (κ2) is 8.66. The predicted octanol–water partition coefficient (Wildman–Crippen LogP) is 4.22. The molecule has 4 heteroatoms. The van der Waals surface area contributed by atoms with Crippen LogP contribution in [0.4, 0.5) is 0 Å². The smallest absolute Gasteiger partial charge is 0.311 e. The van der Waals surface area contributed by atoms with Crippen molar-refractivity contribution in [2.24, 2.45) is 22.7 Å². The van der Waals surface area contributed by atoms with Crippen molar-refractivity contribution < 1.29 is 19.1 Å². The Labute approximate surface area is 135 Å². The zero-order valence-corrected chi connectivity index (χ0v) is 15.6. The van der Waals surface area contributed by atoms with E-state index in [9.17, 15) is 9.59 Å². The molecule has 0 aliphatic heterocycles. The molecule has 0 heterocycles. The lowest BCUT2D eigenvalue weighted by atomic mass is 9.61. The van der Waals surface area contributed by atoms with E-state index in [1.54, 1.807) is 13.8 Å². The van der Waals surface area contributed by atoms with Crippen LogP contribution in [-0.2, 0) is 19.1 Å². The molecule has 0 amide bonds. The van der Waals surface area contributed by atoms with Crippen molar-refractivity contribution in [1.82, 2.24) is 0 Å². The van der Waals surface area contributed by atoms with Crippen molar-refractivity contribution in [2.75, 3.05) is 13.4 Å². The summed E-state index contributed by atoms with van der Waals surface area (Å²) in [5.74, 6) is -1.12. The largest absolute Gasteiger partial charge is 0.438 e. The molecule has 0 aliphatic rings. The van der Waals surface area contributed by atoms with Crippen LogP contribution in [0.15, 0.2) is 0 Å². The van der Waals surface area contributed by atoms with E-state index in [-0.39, 0.29) is 35.3 Å². The molecule has 0 spiro atoms. The van der Waals surface area contributed by atoms with E-state index in [0.717, 1.165) is 12.8 Å². The van der Waals surface area contributed by atoms with Crippen LogP contribution < -0.4 is 0 Å². The maximum Gasteiger partial charge on any atom is 0.311 e. The van der Waals surface area contributed by atoms with Crippen LogP contribution in [0.5, 0.6) is 0 Å². The molecule has 0 aromatic carbocycles. The van der Waals surface area contributed by atoms with Gasteiger partial charge in [0.1, 0.15) is 5.78 Å². The number of carbonyl (C=O) groups is 2. The van der Waals surface area contributed by atoms with Crippen LogP contribution in [0.2, 0.25) is 0 Å². The molecule has 130 valence electrons. The number of ether oxygens (including phenoxy) is 2. The van der Waals surface area contributed by atoms with Crippen molar-refractivity contribution >= 4 is 11.8 Å². The average molecular weight is 314 g/mol. The number of rotatable bonds is 9. The van der Waals surface area contributed by atoms with Crippen LogP contribution in [-0.4, -0.2) is 25.2 Å². The Hall–Kier alpha value is -0.900. The second-order valence-electron chi connectivity index (χ2n) is 7.70. The van der Waals surface area contributed by atoms with Gasteiger partial charge >= 0.3 is 5.97 Å². The molecular formula is C18H34O4. The number of hydrogen-bond acceptors (Lipinski definition) is 4. The van der Waals surface area contributed by atoms with Crippen molar-refractivity contribution in [3.8, 4) is 0 Å². The molecule has 0 fully saturated rings. The number of hydrogen-bond donors (Lipinski definition) is 0. The number of esters is 1. The van der Waals surface area contributed by atoms with Gasteiger partial charge in [0.2, 0.25) is 0 Å². The minimum absolute atomic E-state index is 0.0492. The van der Waals surface area contributed by atoms with Gasteiger partial charge in [-0.2, -0.15) is 0 Å². The lowest BCUT2D eigenvalue weighted by Gasteiger charge is -2.42. The Bertz CT molecular complexity index is 370. The molecule has 0 bridgehead atoms. The van der Waals surface area contributed by atoms with Gasteiger partial charge in [0.25, 0.3) is 0 Å². The minimum Gasteiger partial charge on any atom is -0.438 e. The standard InChI is InChI=1S/C18H34O4/c1-9-18(8,11-17(5,6)7)15(14(4)19)13(3)16(20)22-12-21-10-2/h13,15H,9-12H2,1-8H3. The van der Waals surface area contributed by atoms with E-state index in [2.05, 4.69) is 34.6 Å². The molecular weight excluding hydrogens is 280 g/mol. The Morgan fingerprint density at radius 2 is 1.64 bits per heavy atom. The van der Waals surface area contributed by atoms with Crippen LogP contribution in [0, 0.1) is 22.7 Å². The summed E-state index contributed by atoms with van der Waals surface area (Å²) in [6, 6.07) is 0. The molecule has 0 aliphatic carbocycles. The summed E-state index contributed by atoms with van der Waals surface area (Å²) in [7, 11) is 0. The quantitative estimate of drug-likeness (QED) is 0.363. The zero-order chi connectivity index (χ0) is 17.6. The molecule has 0 aromatic heterocycles. The first-order valence-electron chi connectivity index (χ1n) is 8.23. The summed E-state index contributed by atoms with van der Waals surface area (Å²) in [5.41, 5.74) is -0.137. The molecule has 0 N–H and O–H groups in total. The van der Waals surface area contributed by atoms with Crippen molar-refractivity contribution in [3.63, 3.8) is 0 Å². The SMILES string of the molecule is CCOCOC(=O)C(C)C(C(C)=O)C(C)(CC)CC(C)(C)C. The van der Waals surface area contributed by atoms with E-state index < -0.39 is 5.92 Å². The number of carbonyl (C=O) groups excluding carboxylic acids is 2. The first-order chi connectivity index (χ1) is 9.98. The molecule has 22 heavy (non-hydrogen) atoms. The van der Waals surface area contributed by atoms with Gasteiger partial charge < -0.3 is 9.47 Å². The highest BCUT2D eigenvalue weighted by molar-refractivity contribution is 5.85. The van der Waals surface area contributed by atoms with Gasteiger partial charge in [-0.15, -0.1) is 0 Å². The predicted molar refractivity (Wildman–Crippen MR) is 88.4 cm³/mol. The number of Topliss-reactive ketones (excluding diaryl/α,β-unsaturated/α-hetero) is 1. The normalized spacial score (nSPS) is 17.5. The molecule has 0 aromatic rings. The average Bonchev–Trinajstić information content (AvgIpc) is 2.36. The van der Waals surface area contributed by atoms with Crippen LogP contribution in [0.25, 0.3) is 0 Å². The maximum absolute atomic E-state index is 12.3. The minimum atomic E-state index is -0.467. The van der Waals surface area contributed by atoms with Crippen LogP contribution in [0.1, 0.15) is 68.2 Å². The monoisotopic (exact) mass is 314 g/mol. The lowest BCUT2D eigenvalue weighted by molar-refractivity contribution is -0.166. The van der Waals surface area contributed by atoms with Gasteiger partial charge in [-0.05, 0) is 37.5 Å². The van der Waals surface area contributed by atoms with Gasteiger partial charge in [0, 0.05) is 12.5 Å². The first kappa shape index (κ1) is 21.1. The number of ketones is 1. The Morgan fingerprint density at radius 3 is 2.00 bits per heavy atom. The van der Waals surface area contributed by atoms with Gasteiger partial charge in [0.05, 0.1) is 5.92 Å². The Morgan fingerprint density at radius 1 is 1.09 bits per heavy atom.